The Balaban J connectivity index is 1.53. The van der Waals surface area contributed by atoms with Crippen molar-refractivity contribution < 1.29 is 9.26 Å². The van der Waals surface area contributed by atoms with E-state index in [1.807, 2.05) is 25.1 Å². The number of rotatable bonds is 5. The van der Waals surface area contributed by atoms with E-state index in [9.17, 15) is 0 Å². The van der Waals surface area contributed by atoms with Crippen molar-refractivity contribution >= 4 is 29.0 Å². The molecule has 26 heavy (non-hydrogen) atoms. The number of benzene rings is 1. The van der Waals surface area contributed by atoms with Crippen LogP contribution >= 0.6 is 0 Å². The molecule has 0 bridgehead atoms. The number of hydrogen-bond acceptors (Lipinski definition) is 9. The number of para-hydroxylation sites is 2. The molecule has 9 heteroatoms. The van der Waals surface area contributed by atoms with Gasteiger partial charge in [0.25, 0.3) is 0 Å². The third kappa shape index (κ3) is 3.72. The molecule has 9 nitrogen and oxygen atoms in total. The third-order valence-corrected chi connectivity index (χ3v) is 3.95. The molecule has 0 spiro atoms. The van der Waals surface area contributed by atoms with Gasteiger partial charge in [0, 0.05) is 19.2 Å². The summed E-state index contributed by atoms with van der Waals surface area (Å²) in [5.74, 6) is 2.21. The fraction of sp³-hybridized carbons (Fsp3) is 0.294. The number of hydrogen-bond donors (Lipinski definition) is 2. The standard InChI is InChI=1S/C17H19N7O2/c1-12-10-15(23-26-12)20-16-11-18-22-17(21-16)19-13-4-2-3-5-14(13)24-6-8-25-9-7-24/h2-5,10-11H,6-9H2,1H3,(H2,19,20,21,22,23). The van der Waals surface area contributed by atoms with Gasteiger partial charge in [0.05, 0.1) is 30.8 Å². The van der Waals surface area contributed by atoms with Crippen LogP contribution in [0, 0.1) is 6.92 Å². The summed E-state index contributed by atoms with van der Waals surface area (Å²) in [5, 5.41) is 18.2. The minimum absolute atomic E-state index is 0.399. The lowest BCUT2D eigenvalue weighted by Gasteiger charge is -2.30. The van der Waals surface area contributed by atoms with E-state index in [4.69, 9.17) is 9.26 Å². The number of aromatic nitrogens is 4. The Hall–Kier alpha value is -3.20. The molecule has 1 aliphatic heterocycles. The van der Waals surface area contributed by atoms with E-state index in [-0.39, 0.29) is 0 Å². The summed E-state index contributed by atoms with van der Waals surface area (Å²) in [6, 6.07) is 9.83. The van der Waals surface area contributed by atoms with Gasteiger partial charge in [-0.3, -0.25) is 0 Å². The molecular formula is C17H19N7O2. The highest BCUT2D eigenvalue weighted by atomic mass is 16.5. The number of nitrogens with one attached hydrogen (secondary N) is 2. The highest BCUT2D eigenvalue weighted by Gasteiger charge is 2.15. The number of morpholine rings is 1. The molecule has 0 atom stereocenters. The van der Waals surface area contributed by atoms with E-state index in [0.29, 0.717) is 23.3 Å². The van der Waals surface area contributed by atoms with Crippen molar-refractivity contribution in [3.63, 3.8) is 0 Å². The largest absolute Gasteiger partial charge is 0.378 e. The molecule has 0 amide bonds. The average Bonchev–Trinajstić information content (AvgIpc) is 3.08. The van der Waals surface area contributed by atoms with Crippen molar-refractivity contribution in [2.24, 2.45) is 0 Å². The van der Waals surface area contributed by atoms with Crippen LogP contribution in [-0.2, 0) is 4.74 Å². The van der Waals surface area contributed by atoms with Gasteiger partial charge in [-0.2, -0.15) is 10.1 Å². The normalized spacial score (nSPS) is 14.3. The molecule has 0 radical (unpaired) electrons. The van der Waals surface area contributed by atoms with Crippen LogP contribution in [0.3, 0.4) is 0 Å². The van der Waals surface area contributed by atoms with Crippen molar-refractivity contribution in [2.75, 3.05) is 41.8 Å². The molecular weight excluding hydrogens is 334 g/mol. The molecule has 2 N–H and O–H groups in total. The van der Waals surface area contributed by atoms with E-state index < -0.39 is 0 Å². The first-order valence-electron chi connectivity index (χ1n) is 8.37. The summed E-state index contributed by atoms with van der Waals surface area (Å²) in [4.78, 5) is 6.72. The summed E-state index contributed by atoms with van der Waals surface area (Å²) in [7, 11) is 0. The fourth-order valence-corrected chi connectivity index (χ4v) is 2.75. The van der Waals surface area contributed by atoms with Gasteiger partial charge >= 0.3 is 0 Å². The van der Waals surface area contributed by atoms with Gasteiger partial charge in [-0.25, -0.2) is 0 Å². The summed E-state index contributed by atoms with van der Waals surface area (Å²) >= 11 is 0. The maximum Gasteiger partial charge on any atom is 0.249 e. The quantitative estimate of drug-likeness (QED) is 0.716. The molecule has 4 rings (SSSR count). The van der Waals surface area contributed by atoms with Gasteiger partial charge in [-0.15, -0.1) is 5.10 Å². The second-order valence-corrected chi connectivity index (χ2v) is 5.85. The summed E-state index contributed by atoms with van der Waals surface area (Å²) < 4.78 is 10.5. The first-order valence-corrected chi connectivity index (χ1v) is 8.37. The summed E-state index contributed by atoms with van der Waals surface area (Å²) in [5.41, 5.74) is 2.01. The zero-order valence-electron chi connectivity index (χ0n) is 14.3. The van der Waals surface area contributed by atoms with Gasteiger partial charge in [0.15, 0.2) is 11.6 Å². The second-order valence-electron chi connectivity index (χ2n) is 5.85. The van der Waals surface area contributed by atoms with Crippen LogP contribution in [-0.4, -0.2) is 46.6 Å². The Morgan fingerprint density at radius 3 is 2.73 bits per heavy atom. The molecule has 2 aromatic heterocycles. The zero-order valence-corrected chi connectivity index (χ0v) is 14.3. The van der Waals surface area contributed by atoms with E-state index in [1.54, 1.807) is 6.07 Å². The Labute approximate surface area is 150 Å². The molecule has 1 fully saturated rings. The number of anilines is 5. The van der Waals surface area contributed by atoms with Crippen molar-refractivity contribution in [1.82, 2.24) is 20.3 Å². The molecule has 3 heterocycles. The molecule has 3 aromatic rings. The minimum atomic E-state index is 0.399. The molecule has 1 saturated heterocycles. The Morgan fingerprint density at radius 1 is 1.08 bits per heavy atom. The van der Waals surface area contributed by atoms with Crippen LogP contribution in [0.2, 0.25) is 0 Å². The van der Waals surface area contributed by atoms with Gasteiger partial charge in [-0.05, 0) is 19.1 Å². The van der Waals surface area contributed by atoms with Crippen LogP contribution in [0.15, 0.2) is 41.1 Å². The predicted octanol–water partition coefficient (Wildman–Crippen LogP) is 2.49. The van der Waals surface area contributed by atoms with E-state index >= 15 is 0 Å². The Morgan fingerprint density at radius 2 is 1.92 bits per heavy atom. The summed E-state index contributed by atoms with van der Waals surface area (Å²) in [6.07, 6.45) is 1.53. The Kier molecular flexibility index (Phi) is 4.61. The fourth-order valence-electron chi connectivity index (χ4n) is 2.75. The lowest BCUT2D eigenvalue weighted by atomic mass is 10.2. The van der Waals surface area contributed by atoms with Crippen LogP contribution in [0.25, 0.3) is 0 Å². The van der Waals surface area contributed by atoms with Crippen LogP contribution in [0.5, 0.6) is 0 Å². The van der Waals surface area contributed by atoms with Gasteiger partial charge in [-0.1, -0.05) is 17.3 Å². The topological polar surface area (TPSA) is 101 Å². The number of nitrogens with zero attached hydrogens (tertiary/aromatic N) is 5. The van der Waals surface area contributed by atoms with Gasteiger partial charge in [0.1, 0.15) is 5.76 Å². The molecule has 0 unspecified atom stereocenters. The summed E-state index contributed by atoms with van der Waals surface area (Å²) in [6.45, 7) is 4.98. The van der Waals surface area contributed by atoms with Crippen molar-refractivity contribution in [2.45, 2.75) is 6.92 Å². The molecule has 134 valence electrons. The molecule has 1 aliphatic rings. The maximum atomic E-state index is 5.43. The van der Waals surface area contributed by atoms with Gasteiger partial charge in [0.2, 0.25) is 5.95 Å². The first-order chi connectivity index (χ1) is 12.8. The second kappa shape index (κ2) is 7.36. The molecule has 1 aromatic carbocycles. The molecule has 0 saturated carbocycles. The monoisotopic (exact) mass is 353 g/mol. The minimum Gasteiger partial charge on any atom is -0.378 e. The lowest BCUT2D eigenvalue weighted by molar-refractivity contribution is 0.123. The van der Waals surface area contributed by atoms with E-state index in [1.165, 1.54) is 6.20 Å². The molecule has 0 aliphatic carbocycles. The zero-order chi connectivity index (χ0) is 17.8. The van der Waals surface area contributed by atoms with Crippen LogP contribution < -0.4 is 15.5 Å². The predicted molar refractivity (Wildman–Crippen MR) is 97.1 cm³/mol. The number of aryl methyl sites for hydroxylation is 1. The van der Waals surface area contributed by atoms with Crippen LogP contribution in [0.1, 0.15) is 5.76 Å². The SMILES string of the molecule is Cc1cc(Nc2cnnc(Nc3ccccc3N3CCOCC3)n2)no1. The third-order valence-electron chi connectivity index (χ3n) is 3.95. The van der Waals surface area contributed by atoms with Crippen LogP contribution in [0.4, 0.5) is 29.0 Å². The van der Waals surface area contributed by atoms with E-state index in [2.05, 4.69) is 41.9 Å². The number of ether oxygens (including phenoxy) is 1. The van der Waals surface area contributed by atoms with Crippen molar-refractivity contribution in [3.8, 4) is 0 Å². The van der Waals surface area contributed by atoms with Crippen molar-refractivity contribution in [1.29, 1.82) is 0 Å². The van der Waals surface area contributed by atoms with Gasteiger partial charge < -0.3 is 24.8 Å². The maximum absolute atomic E-state index is 5.43. The highest BCUT2D eigenvalue weighted by Crippen LogP contribution is 2.28. The lowest BCUT2D eigenvalue weighted by Crippen LogP contribution is -2.36. The highest BCUT2D eigenvalue weighted by molar-refractivity contribution is 5.73. The average molecular weight is 353 g/mol. The first kappa shape index (κ1) is 16.3. The van der Waals surface area contributed by atoms with E-state index in [0.717, 1.165) is 37.7 Å². The Bertz CT molecular complexity index is 877. The van der Waals surface area contributed by atoms with Crippen molar-refractivity contribution in [3.05, 3.63) is 42.3 Å². The smallest absolute Gasteiger partial charge is 0.249 e.